The van der Waals surface area contributed by atoms with Gasteiger partial charge in [-0.2, -0.15) is 0 Å². The summed E-state index contributed by atoms with van der Waals surface area (Å²) in [5.74, 6) is -1.10. The van der Waals surface area contributed by atoms with Crippen LogP contribution in [-0.2, 0) is 36.8 Å². The van der Waals surface area contributed by atoms with Crippen molar-refractivity contribution < 1.29 is 38.4 Å². The Hall–Kier alpha value is -2.85. The molecule has 0 bridgehead atoms. The molecule has 1 N–H and O–H groups in total. The number of hydrogen-bond acceptors (Lipinski definition) is 7. The number of nitrogens with zero attached hydrogens (tertiary/aromatic N) is 1. The Morgan fingerprint density at radius 1 is 1.06 bits per heavy atom. The standard InChI is InChI=1S/C23H23Cl2NO8/c1-2-31-22(28)20-19(33-13-34-20)21(27)26(23(29)30)11-10-14-6-8-15(9-7-14)32-12-16-17(24)4-3-5-18(16)25/h3-9,19-20H,2,10-13H2,1H3,(H,29,30)/t19-,20-/m1/s1. The van der Waals surface area contributed by atoms with Crippen molar-refractivity contribution in [2.75, 3.05) is 19.9 Å². The van der Waals surface area contributed by atoms with Crippen LogP contribution < -0.4 is 4.74 Å². The van der Waals surface area contributed by atoms with E-state index in [-0.39, 0.29) is 33.0 Å². The van der Waals surface area contributed by atoms with Crippen molar-refractivity contribution in [3.05, 3.63) is 63.6 Å². The average Bonchev–Trinajstić information content (AvgIpc) is 3.30. The van der Waals surface area contributed by atoms with Crippen molar-refractivity contribution in [2.24, 2.45) is 0 Å². The molecule has 1 aliphatic heterocycles. The van der Waals surface area contributed by atoms with Crippen LogP contribution in [-0.4, -0.2) is 60.1 Å². The maximum absolute atomic E-state index is 12.7. The fourth-order valence-corrected chi connectivity index (χ4v) is 3.76. The zero-order valence-electron chi connectivity index (χ0n) is 18.2. The highest BCUT2D eigenvalue weighted by molar-refractivity contribution is 6.35. The molecule has 2 atom stereocenters. The first-order valence-corrected chi connectivity index (χ1v) is 11.2. The maximum Gasteiger partial charge on any atom is 0.414 e. The molecule has 1 saturated heterocycles. The number of carboxylic acid groups (broad SMARTS) is 1. The second-order valence-corrected chi connectivity index (χ2v) is 8.01. The SMILES string of the molecule is CCOC(=O)[C@@H]1OCO[C@H]1C(=O)N(CCc1ccc(OCc2c(Cl)cccc2Cl)cc1)C(=O)O. The Labute approximate surface area is 206 Å². The van der Waals surface area contributed by atoms with Gasteiger partial charge in [0.1, 0.15) is 19.1 Å². The largest absolute Gasteiger partial charge is 0.489 e. The van der Waals surface area contributed by atoms with Crippen LogP contribution in [0.3, 0.4) is 0 Å². The summed E-state index contributed by atoms with van der Waals surface area (Å²) in [5, 5.41) is 10.5. The van der Waals surface area contributed by atoms with E-state index in [4.69, 9.17) is 42.1 Å². The molecule has 34 heavy (non-hydrogen) atoms. The molecule has 1 fully saturated rings. The van der Waals surface area contributed by atoms with E-state index in [2.05, 4.69) is 0 Å². The molecule has 2 amide bonds. The molecule has 1 aliphatic rings. The molecule has 182 valence electrons. The van der Waals surface area contributed by atoms with Crippen LogP contribution in [0.5, 0.6) is 5.75 Å². The van der Waals surface area contributed by atoms with Gasteiger partial charge >= 0.3 is 12.1 Å². The maximum atomic E-state index is 12.7. The molecule has 0 spiro atoms. The van der Waals surface area contributed by atoms with Crippen molar-refractivity contribution >= 4 is 41.2 Å². The van der Waals surface area contributed by atoms with Crippen LogP contribution in [0.2, 0.25) is 10.0 Å². The van der Waals surface area contributed by atoms with Gasteiger partial charge < -0.3 is 24.1 Å². The summed E-state index contributed by atoms with van der Waals surface area (Å²) in [6, 6.07) is 12.1. The minimum absolute atomic E-state index is 0.0907. The van der Waals surface area contributed by atoms with E-state index in [9.17, 15) is 19.5 Å². The first-order valence-electron chi connectivity index (χ1n) is 10.4. The van der Waals surface area contributed by atoms with Crippen LogP contribution in [0, 0.1) is 0 Å². The van der Waals surface area contributed by atoms with Crippen LogP contribution in [0.1, 0.15) is 18.1 Å². The predicted molar refractivity (Wildman–Crippen MR) is 122 cm³/mol. The number of rotatable bonds is 9. The van der Waals surface area contributed by atoms with E-state index >= 15 is 0 Å². The van der Waals surface area contributed by atoms with Crippen LogP contribution in [0.15, 0.2) is 42.5 Å². The number of amides is 2. The van der Waals surface area contributed by atoms with Crippen molar-refractivity contribution in [3.8, 4) is 5.75 Å². The quantitative estimate of drug-likeness (QED) is 0.504. The summed E-state index contributed by atoms with van der Waals surface area (Å²) >= 11 is 12.3. The van der Waals surface area contributed by atoms with Crippen molar-refractivity contribution in [2.45, 2.75) is 32.2 Å². The van der Waals surface area contributed by atoms with Crippen molar-refractivity contribution in [1.82, 2.24) is 4.90 Å². The van der Waals surface area contributed by atoms with E-state index in [1.54, 1.807) is 49.4 Å². The Balaban J connectivity index is 1.58. The lowest BCUT2D eigenvalue weighted by Crippen LogP contribution is -2.49. The summed E-state index contributed by atoms with van der Waals surface area (Å²) in [7, 11) is 0. The van der Waals surface area contributed by atoms with Gasteiger partial charge in [0.05, 0.1) is 6.61 Å². The summed E-state index contributed by atoms with van der Waals surface area (Å²) in [6.07, 6.45) is -3.91. The van der Waals surface area contributed by atoms with Gasteiger partial charge in [0.15, 0.2) is 12.2 Å². The van der Waals surface area contributed by atoms with Gasteiger partial charge in [-0.3, -0.25) is 4.79 Å². The molecule has 9 nitrogen and oxygen atoms in total. The normalized spacial score (nSPS) is 17.3. The van der Waals surface area contributed by atoms with Crippen LogP contribution >= 0.6 is 23.2 Å². The van der Waals surface area contributed by atoms with E-state index in [0.717, 1.165) is 5.56 Å². The third-order valence-corrected chi connectivity index (χ3v) is 5.73. The van der Waals surface area contributed by atoms with Gasteiger partial charge in [-0.25, -0.2) is 14.5 Å². The second kappa shape index (κ2) is 12.0. The zero-order valence-corrected chi connectivity index (χ0v) is 19.8. The smallest absolute Gasteiger partial charge is 0.414 e. The van der Waals surface area contributed by atoms with Gasteiger partial charge in [-0.15, -0.1) is 0 Å². The zero-order chi connectivity index (χ0) is 24.7. The second-order valence-electron chi connectivity index (χ2n) is 7.20. The molecule has 11 heteroatoms. The number of ether oxygens (including phenoxy) is 4. The van der Waals surface area contributed by atoms with E-state index < -0.39 is 30.2 Å². The monoisotopic (exact) mass is 511 g/mol. The van der Waals surface area contributed by atoms with E-state index in [0.29, 0.717) is 26.3 Å². The fourth-order valence-electron chi connectivity index (χ4n) is 3.25. The summed E-state index contributed by atoms with van der Waals surface area (Å²) in [5.41, 5.74) is 1.44. The fraction of sp³-hybridized carbons (Fsp3) is 0.348. The van der Waals surface area contributed by atoms with Gasteiger partial charge in [0.25, 0.3) is 5.91 Å². The highest BCUT2D eigenvalue weighted by Gasteiger charge is 2.44. The van der Waals surface area contributed by atoms with Gasteiger partial charge in [0, 0.05) is 22.2 Å². The summed E-state index contributed by atoms with van der Waals surface area (Å²) in [4.78, 5) is 37.0. The number of halogens is 2. The minimum Gasteiger partial charge on any atom is -0.489 e. The Morgan fingerprint density at radius 3 is 2.32 bits per heavy atom. The van der Waals surface area contributed by atoms with Crippen molar-refractivity contribution in [1.29, 1.82) is 0 Å². The van der Waals surface area contributed by atoms with Gasteiger partial charge in [0.2, 0.25) is 0 Å². The number of benzene rings is 2. The summed E-state index contributed by atoms with van der Waals surface area (Å²) in [6.45, 7) is 1.43. The molecule has 3 rings (SSSR count). The lowest BCUT2D eigenvalue weighted by molar-refractivity contribution is -0.157. The molecule has 2 aromatic carbocycles. The Bertz CT molecular complexity index is 1010. The first kappa shape index (κ1) is 25.8. The predicted octanol–water partition coefficient (Wildman–Crippen LogP) is 3.93. The van der Waals surface area contributed by atoms with Gasteiger partial charge in [-0.05, 0) is 43.2 Å². The van der Waals surface area contributed by atoms with Crippen molar-refractivity contribution in [3.63, 3.8) is 0 Å². The van der Waals surface area contributed by atoms with Crippen LogP contribution in [0.25, 0.3) is 0 Å². The molecule has 0 saturated carbocycles. The Morgan fingerprint density at radius 2 is 1.71 bits per heavy atom. The average molecular weight is 512 g/mol. The topological polar surface area (TPSA) is 112 Å². The molecular formula is C23H23Cl2NO8. The van der Waals surface area contributed by atoms with E-state index in [1.807, 2.05) is 0 Å². The highest BCUT2D eigenvalue weighted by atomic mass is 35.5. The van der Waals surface area contributed by atoms with Gasteiger partial charge in [-0.1, -0.05) is 41.4 Å². The van der Waals surface area contributed by atoms with Crippen LogP contribution in [0.4, 0.5) is 4.79 Å². The number of carbonyl (C=O) groups excluding carboxylic acids is 2. The molecule has 0 unspecified atom stereocenters. The molecular weight excluding hydrogens is 489 g/mol. The molecule has 0 aromatic heterocycles. The lowest BCUT2D eigenvalue weighted by atomic mass is 10.1. The van der Waals surface area contributed by atoms with E-state index in [1.165, 1.54) is 0 Å². The number of esters is 1. The number of carbonyl (C=O) groups is 3. The number of imide groups is 1. The third-order valence-electron chi connectivity index (χ3n) is 5.02. The first-order chi connectivity index (χ1) is 16.3. The Kier molecular flexibility index (Phi) is 9.12. The lowest BCUT2D eigenvalue weighted by Gasteiger charge is -2.22. The molecule has 0 aliphatic carbocycles. The molecule has 2 aromatic rings. The number of hydrogen-bond donors (Lipinski definition) is 1. The summed E-state index contributed by atoms with van der Waals surface area (Å²) < 4.78 is 20.9. The molecule has 0 radical (unpaired) electrons. The molecule has 1 heterocycles. The highest BCUT2D eigenvalue weighted by Crippen LogP contribution is 2.26. The minimum atomic E-state index is -1.46. The third kappa shape index (κ3) is 6.38.